The van der Waals surface area contributed by atoms with Crippen LogP contribution in [0.25, 0.3) is 10.9 Å². The molecule has 3 aromatic rings. The number of thiocarbonyl (C=S) groups is 1. The molecular formula is C27H30BrN3O2S. The summed E-state index contributed by atoms with van der Waals surface area (Å²) in [7, 11) is 3.74. The van der Waals surface area contributed by atoms with Crippen molar-refractivity contribution in [2.75, 3.05) is 14.2 Å². The number of amides is 1. The maximum atomic E-state index is 14.0. The summed E-state index contributed by atoms with van der Waals surface area (Å²) in [6.45, 7) is 0. The zero-order valence-corrected chi connectivity index (χ0v) is 22.0. The summed E-state index contributed by atoms with van der Waals surface area (Å²) in [6.07, 6.45) is 6.26. The van der Waals surface area contributed by atoms with Crippen LogP contribution in [0, 0.1) is 0 Å². The molecule has 178 valence electrons. The van der Waals surface area contributed by atoms with Crippen molar-refractivity contribution in [2.45, 2.75) is 56.7 Å². The molecule has 2 aromatic carbocycles. The Bertz CT molecular complexity index is 1220. The number of hydrogen-bond acceptors (Lipinski definition) is 4. The second-order valence-electron chi connectivity index (χ2n) is 9.41. The first kappa shape index (κ1) is 23.5. The summed E-state index contributed by atoms with van der Waals surface area (Å²) in [6, 6.07) is 14.3. The molecule has 0 radical (unpaired) electrons. The number of aromatic amines is 1. The number of nitrogens with one attached hydrogen (secondary N) is 1. The van der Waals surface area contributed by atoms with Crippen molar-refractivity contribution in [1.29, 1.82) is 0 Å². The van der Waals surface area contributed by atoms with Gasteiger partial charge in [0.2, 0.25) is 5.91 Å². The Hall–Kier alpha value is -2.22. The fourth-order valence-electron chi connectivity index (χ4n) is 5.74. The lowest BCUT2D eigenvalue weighted by atomic mass is 9.87. The van der Waals surface area contributed by atoms with Gasteiger partial charge in [-0.05, 0) is 67.8 Å². The molecule has 1 aromatic heterocycles. The summed E-state index contributed by atoms with van der Waals surface area (Å²) in [5.74, 6) is 0.912. The van der Waals surface area contributed by atoms with Crippen molar-refractivity contribution in [3.63, 3.8) is 0 Å². The van der Waals surface area contributed by atoms with Crippen molar-refractivity contribution in [3.8, 4) is 5.75 Å². The van der Waals surface area contributed by atoms with E-state index in [1.54, 1.807) is 12.6 Å². The number of fused-ring (bicyclic) bond motifs is 3. The summed E-state index contributed by atoms with van der Waals surface area (Å²) in [5.41, 5.74) is 6.11. The van der Waals surface area contributed by atoms with Crippen LogP contribution in [0.15, 0.2) is 46.9 Å². The number of carbonyl (C=O) groups is 1. The van der Waals surface area contributed by atoms with E-state index < -0.39 is 0 Å². The van der Waals surface area contributed by atoms with Gasteiger partial charge >= 0.3 is 0 Å². The van der Waals surface area contributed by atoms with Gasteiger partial charge in [0.15, 0.2) is 0 Å². The van der Waals surface area contributed by atoms with Gasteiger partial charge in [-0.15, -0.1) is 0 Å². The van der Waals surface area contributed by atoms with Crippen LogP contribution in [-0.2, 0) is 11.2 Å². The highest BCUT2D eigenvalue weighted by atomic mass is 79.9. The van der Waals surface area contributed by atoms with Gasteiger partial charge in [0.25, 0.3) is 0 Å². The zero-order chi connectivity index (χ0) is 23.8. The minimum atomic E-state index is -0.303. The van der Waals surface area contributed by atoms with E-state index in [0.717, 1.165) is 58.1 Å². The number of halogens is 1. The minimum absolute atomic E-state index is 0.0997. The third-order valence-corrected chi connectivity index (χ3v) is 8.22. The van der Waals surface area contributed by atoms with Crippen LogP contribution in [0.2, 0.25) is 0 Å². The molecule has 2 atom stereocenters. The second kappa shape index (κ2) is 9.80. The standard InChI is InChI=1S/C27H30BrN3O2S/c1-30-24(27(32)31(16-34)19-8-4-3-5-9-19)15-22-21-14-18(28)11-12-23(21)29-25(22)26(30)17-7-6-10-20(13-17)33-2/h6-7,10-14,16,19,24,26,29H,3-5,8-9,15H2,1-2H3. The number of likely N-dealkylation sites (N-methyl/N-ethyl adjacent to an activating group) is 1. The first-order valence-corrected chi connectivity index (χ1v) is 13.2. The predicted octanol–water partition coefficient (Wildman–Crippen LogP) is 6.00. The van der Waals surface area contributed by atoms with Gasteiger partial charge in [0.1, 0.15) is 5.75 Å². The summed E-state index contributed by atoms with van der Waals surface area (Å²) in [4.78, 5) is 21.7. The molecule has 1 fully saturated rings. The molecule has 1 aliphatic carbocycles. The van der Waals surface area contributed by atoms with Gasteiger partial charge in [-0.3, -0.25) is 9.69 Å². The molecule has 5 rings (SSSR count). The van der Waals surface area contributed by atoms with Gasteiger partial charge in [0, 0.05) is 27.1 Å². The van der Waals surface area contributed by atoms with E-state index in [1.165, 1.54) is 12.0 Å². The molecule has 2 aliphatic rings. The predicted molar refractivity (Wildman–Crippen MR) is 143 cm³/mol. The maximum Gasteiger partial charge on any atom is 0.245 e. The monoisotopic (exact) mass is 539 g/mol. The fourth-order valence-corrected chi connectivity index (χ4v) is 6.38. The summed E-state index contributed by atoms with van der Waals surface area (Å²) >= 11 is 9.01. The van der Waals surface area contributed by atoms with Gasteiger partial charge in [-0.25, -0.2) is 0 Å². The molecule has 0 saturated heterocycles. The molecule has 1 aliphatic heterocycles. The van der Waals surface area contributed by atoms with Crippen LogP contribution >= 0.6 is 28.1 Å². The zero-order valence-electron chi connectivity index (χ0n) is 19.6. The Morgan fingerprint density at radius 3 is 2.74 bits per heavy atom. The average Bonchev–Trinajstić information content (AvgIpc) is 3.21. The molecule has 1 N–H and O–H groups in total. The minimum Gasteiger partial charge on any atom is -0.497 e. The van der Waals surface area contributed by atoms with Crippen LogP contribution in [0.4, 0.5) is 0 Å². The number of aromatic nitrogens is 1. The van der Waals surface area contributed by atoms with Crippen molar-refractivity contribution >= 4 is 50.4 Å². The van der Waals surface area contributed by atoms with Crippen LogP contribution in [0.5, 0.6) is 5.75 Å². The van der Waals surface area contributed by atoms with Crippen molar-refractivity contribution in [2.24, 2.45) is 0 Å². The fraction of sp³-hybridized carbons (Fsp3) is 0.407. The van der Waals surface area contributed by atoms with E-state index >= 15 is 0 Å². The van der Waals surface area contributed by atoms with E-state index in [0.29, 0.717) is 6.42 Å². The number of hydrogen-bond donors (Lipinski definition) is 1. The van der Waals surface area contributed by atoms with E-state index in [-0.39, 0.29) is 24.0 Å². The van der Waals surface area contributed by atoms with Gasteiger partial charge in [-0.1, -0.05) is 59.5 Å². The van der Waals surface area contributed by atoms with Crippen molar-refractivity contribution in [1.82, 2.24) is 14.8 Å². The number of rotatable bonds is 5. The topological polar surface area (TPSA) is 48.6 Å². The number of benzene rings is 2. The SMILES string of the molecule is COc1cccc(C2c3[nH]c4ccc(Br)cc4c3CC(C(=O)N(C=S)C3CCCCC3)N2C)c1. The highest BCUT2D eigenvalue weighted by Gasteiger charge is 2.41. The molecule has 7 heteroatoms. The normalized spacial score (nSPS) is 21.3. The third kappa shape index (κ3) is 4.18. The average molecular weight is 541 g/mol. The first-order valence-electron chi connectivity index (χ1n) is 11.9. The van der Waals surface area contributed by atoms with E-state index in [2.05, 4.69) is 57.1 Å². The highest BCUT2D eigenvalue weighted by Crippen LogP contribution is 2.42. The quantitative estimate of drug-likeness (QED) is 0.403. The van der Waals surface area contributed by atoms with Gasteiger partial charge in [-0.2, -0.15) is 0 Å². The van der Waals surface area contributed by atoms with Crippen molar-refractivity contribution in [3.05, 3.63) is 63.8 Å². The van der Waals surface area contributed by atoms with E-state index in [9.17, 15) is 4.79 Å². The number of methoxy groups -OCH3 is 1. The molecular weight excluding hydrogens is 510 g/mol. The smallest absolute Gasteiger partial charge is 0.245 e. The summed E-state index contributed by atoms with van der Waals surface area (Å²) < 4.78 is 6.56. The van der Waals surface area contributed by atoms with Crippen LogP contribution < -0.4 is 4.74 Å². The molecule has 34 heavy (non-hydrogen) atoms. The molecule has 0 spiro atoms. The Morgan fingerprint density at radius 2 is 2.00 bits per heavy atom. The Balaban J connectivity index is 1.61. The van der Waals surface area contributed by atoms with Gasteiger partial charge < -0.3 is 14.6 Å². The van der Waals surface area contributed by atoms with Crippen LogP contribution in [-0.4, -0.2) is 52.4 Å². The van der Waals surface area contributed by atoms with Crippen molar-refractivity contribution < 1.29 is 9.53 Å². The lowest BCUT2D eigenvalue weighted by Crippen LogP contribution is -2.54. The second-order valence-corrected chi connectivity index (χ2v) is 10.5. The lowest BCUT2D eigenvalue weighted by molar-refractivity contribution is -0.135. The van der Waals surface area contributed by atoms with Crippen LogP contribution in [0.1, 0.15) is 55.0 Å². The Morgan fingerprint density at radius 1 is 1.21 bits per heavy atom. The van der Waals surface area contributed by atoms with Crippen LogP contribution in [0.3, 0.4) is 0 Å². The number of carbonyl (C=O) groups excluding carboxylic acids is 1. The molecule has 5 nitrogen and oxygen atoms in total. The molecule has 1 amide bonds. The number of H-pyrrole nitrogens is 1. The summed E-state index contributed by atoms with van der Waals surface area (Å²) in [5, 5.41) is 1.16. The maximum absolute atomic E-state index is 14.0. The lowest BCUT2D eigenvalue weighted by Gasteiger charge is -2.42. The third-order valence-electron chi connectivity index (χ3n) is 7.50. The molecule has 0 bridgehead atoms. The molecule has 1 saturated carbocycles. The first-order chi connectivity index (χ1) is 16.5. The Kier molecular flexibility index (Phi) is 6.78. The van der Waals surface area contributed by atoms with E-state index in [4.69, 9.17) is 17.0 Å². The Labute approximate surface area is 214 Å². The highest BCUT2D eigenvalue weighted by molar-refractivity contribution is 9.10. The number of ether oxygens (including phenoxy) is 1. The number of nitrogens with zero attached hydrogens (tertiary/aromatic N) is 2. The largest absolute Gasteiger partial charge is 0.497 e. The van der Waals surface area contributed by atoms with E-state index in [1.807, 2.05) is 23.1 Å². The molecule has 2 heterocycles. The van der Waals surface area contributed by atoms with Gasteiger partial charge in [0.05, 0.1) is 24.7 Å². The molecule has 2 unspecified atom stereocenters.